The van der Waals surface area contributed by atoms with Crippen molar-refractivity contribution in [3.63, 3.8) is 0 Å². The highest BCUT2D eigenvalue weighted by Crippen LogP contribution is 2.37. The Labute approximate surface area is 126 Å². The van der Waals surface area contributed by atoms with E-state index < -0.39 is 0 Å². The predicted molar refractivity (Wildman–Crippen MR) is 80.9 cm³/mol. The van der Waals surface area contributed by atoms with Crippen molar-refractivity contribution in [2.24, 2.45) is 5.10 Å². The van der Waals surface area contributed by atoms with Crippen LogP contribution in [0.3, 0.4) is 0 Å². The van der Waals surface area contributed by atoms with E-state index in [-0.39, 0.29) is 0 Å². The number of methoxy groups -OCH3 is 3. The molecule has 0 atom stereocenters. The van der Waals surface area contributed by atoms with Gasteiger partial charge in [-0.05, 0) is 18.4 Å². The van der Waals surface area contributed by atoms with E-state index in [4.69, 9.17) is 14.2 Å². The van der Waals surface area contributed by atoms with Crippen molar-refractivity contribution < 1.29 is 14.2 Å². The summed E-state index contributed by atoms with van der Waals surface area (Å²) in [5, 5.41) is 12.8. The Hall–Kier alpha value is -2.22. The fraction of sp³-hybridized carbons (Fsp3) is 0.308. The topological polar surface area (TPSA) is 70.8 Å². The fourth-order valence-electron chi connectivity index (χ4n) is 1.74. The Morgan fingerprint density at radius 2 is 1.81 bits per heavy atom. The lowest BCUT2D eigenvalue weighted by atomic mass is 10.2. The first-order chi connectivity index (χ1) is 10.2. The first-order valence-corrected chi connectivity index (χ1v) is 7.24. The third kappa shape index (κ3) is 3.27. The Bertz CT molecular complexity index is 617. The lowest BCUT2D eigenvalue weighted by molar-refractivity contribution is 0.324. The molecule has 0 spiro atoms. The molecule has 2 aromatic rings. The molecule has 1 aromatic carbocycles. The second kappa shape index (κ2) is 6.98. The summed E-state index contributed by atoms with van der Waals surface area (Å²) in [4.78, 5) is 0. The van der Waals surface area contributed by atoms with Crippen LogP contribution in [0.25, 0.3) is 0 Å². The SMILES string of the molecule is COc1cc(/C=N\n2cnnc2SC)cc(OC)c1OC. The van der Waals surface area contributed by atoms with E-state index in [1.807, 2.05) is 18.4 Å². The third-order valence-electron chi connectivity index (χ3n) is 2.70. The van der Waals surface area contributed by atoms with Gasteiger partial charge in [0.2, 0.25) is 10.9 Å². The minimum atomic E-state index is 0.547. The second-order valence-corrected chi connectivity index (χ2v) is 4.64. The van der Waals surface area contributed by atoms with Crippen molar-refractivity contribution in [1.82, 2.24) is 14.9 Å². The first kappa shape index (κ1) is 15.2. The average Bonchev–Trinajstić information content (AvgIpc) is 2.99. The largest absolute Gasteiger partial charge is 0.493 e. The van der Waals surface area contributed by atoms with E-state index in [0.29, 0.717) is 22.4 Å². The van der Waals surface area contributed by atoms with Gasteiger partial charge < -0.3 is 14.2 Å². The van der Waals surface area contributed by atoms with E-state index in [1.165, 1.54) is 11.8 Å². The molecule has 2 rings (SSSR count). The minimum Gasteiger partial charge on any atom is -0.493 e. The Balaban J connectivity index is 2.36. The number of aromatic nitrogens is 3. The molecule has 0 aliphatic heterocycles. The highest BCUT2D eigenvalue weighted by atomic mass is 32.2. The average molecular weight is 308 g/mol. The van der Waals surface area contributed by atoms with Gasteiger partial charge in [-0.1, -0.05) is 11.8 Å². The van der Waals surface area contributed by atoms with Gasteiger partial charge in [-0.15, -0.1) is 10.2 Å². The molecule has 0 saturated carbocycles. The monoisotopic (exact) mass is 308 g/mol. The van der Waals surface area contributed by atoms with Crippen LogP contribution in [-0.4, -0.2) is 48.7 Å². The van der Waals surface area contributed by atoms with Crippen molar-refractivity contribution in [3.8, 4) is 17.2 Å². The molecule has 0 saturated heterocycles. The van der Waals surface area contributed by atoms with Gasteiger partial charge in [0, 0.05) is 5.56 Å². The van der Waals surface area contributed by atoms with E-state index in [2.05, 4.69) is 15.3 Å². The molecule has 1 heterocycles. The number of hydrogen-bond donors (Lipinski definition) is 0. The van der Waals surface area contributed by atoms with E-state index in [0.717, 1.165) is 5.56 Å². The van der Waals surface area contributed by atoms with Gasteiger partial charge in [0.1, 0.15) is 6.33 Å². The standard InChI is InChI=1S/C13H16N4O3S/c1-18-10-5-9(6-11(19-2)12(10)20-3)7-15-17-8-14-16-13(17)21-4/h5-8H,1-4H3/b15-7-. The molecule has 0 amide bonds. The van der Waals surface area contributed by atoms with Crippen LogP contribution in [0.2, 0.25) is 0 Å². The summed E-state index contributed by atoms with van der Waals surface area (Å²) >= 11 is 1.46. The number of rotatable bonds is 6. The number of ether oxygens (including phenoxy) is 3. The zero-order valence-electron chi connectivity index (χ0n) is 12.2. The van der Waals surface area contributed by atoms with E-state index >= 15 is 0 Å². The normalized spacial score (nSPS) is 10.9. The zero-order chi connectivity index (χ0) is 15.2. The molecular weight excluding hydrogens is 292 g/mol. The van der Waals surface area contributed by atoms with Gasteiger partial charge in [-0.3, -0.25) is 0 Å². The van der Waals surface area contributed by atoms with Crippen LogP contribution in [0, 0.1) is 0 Å². The molecule has 8 heteroatoms. The van der Waals surface area contributed by atoms with Gasteiger partial charge in [0.05, 0.1) is 27.5 Å². The second-order valence-electron chi connectivity index (χ2n) is 3.87. The Kier molecular flexibility index (Phi) is 5.04. The zero-order valence-corrected chi connectivity index (χ0v) is 13.0. The van der Waals surface area contributed by atoms with Crippen LogP contribution in [0.15, 0.2) is 28.7 Å². The van der Waals surface area contributed by atoms with Crippen molar-refractivity contribution in [2.45, 2.75) is 5.16 Å². The quantitative estimate of drug-likeness (QED) is 0.599. The van der Waals surface area contributed by atoms with Gasteiger partial charge in [-0.25, -0.2) is 0 Å². The Morgan fingerprint density at radius 3 is 2.33 bits per heavy atom. The van der Waals surface area contributed by atoms with Gasteiger partial charge in [0.25, 0.3) is 0 Å². The van der Waals surface area contributed by atoms with E-state index in [1.54, 1.807) is 38.5 Å². The summed E-state index contributed by atoms with van der Waals surface area (Å²) in [5.74, 6) is 1.70. The van der Waals surface area contributed by atoms with Crippen LogP contribution in [-0.2, 0) is 0 Å². The van der Waals surface area contributed by atoms with Gasteiger partial charge in [0.15, 0.2) is 11.5 Å². The molecule has 0 aliphatic rings. The first-order valence-electron chi connectivity index (χ1n) is 6.01. The summed E-state index contributed by atoms with van der Waals surface area (Å²) < 4.78 is 17.5. The molecule has 0 aliphatic carbocycles. The molecule has 21 heavy (non-hydrogen) atoms. The molecule has 0 fully saturated rings. The van der Waals surface area contributed by atoms with Crippen LogP contribution in [0.5, 0.6) is 17.2 Å². The highest BCUT2D eigenvalue weighted by Gasteiger charge is 2.12. The third-order valence-corrected chi connectivity index (χ3v) is 3.33. The fourth-order valence-corrected chi connectivity index (χ4v) is 2.15. The summed E-state index contributed by atoms with van der Waals surface area (Å²) in [6.07, 6.45) is 5.13. The lowest BCUT2D eigenvalue weighted by Gasteiger charge is -2.12. The molecule has 112 valence electrons. The number of hydrogen-bond acceptors (Lipinski definition) is 7. The van der Waals surface area contributed by atoms with Crippen molar-refractivity contribution >= 4 is 18.0 Å². The van der Waals surface area contributed by atoms with Gasteiger partial charge in [-0.2, -0.15) is 9.78 Å². The van der Waals surface area contributed by atoms with Crippen molar-refractivity contribution in [3.05, 3.63) is 24.0 Å². The molecule has 0 N–H and O–H groups in total. The number of thioether (sulfide) groups is 1. The Morgan fingerprint density at radius 1 is 1.14 bits per heavy atom. The lowest BCUT2D eigenvalue weighted by Crippen LogP contribution is -1.97. The maximum Gasteiger partial charge on any atom is 0.211 e. The van der Waals surface area contributed by atoms with Crippen molar-refractivity contribution in [1.29, 1.82) is 0 Å². The van der Waals surface area contributed by atoms with Crippen molar-refractivity contribution in [2.75, 3.05) is 27.6 Å². The summed E-state index contributed by atoms with van der Waals surface area (Å²) in [5.41, 5.74) is 0.810. The molecule has 0 bridgehead atoms. The van der Waals surface area contributed by atoms with Crippen LogP contribution >= 0.6 is 11.8 Å². The molecular formula is C13H16N4O3S. The van der Waals surface area contributed by atoms with Crippen LogP contribution in [0.4, 0.5) is 0 Å². The maximum absolute atomic E-state index is 5.30. The highest BCUT2D eigenvalue weighted by molar-refractivity contribution is 7.98. The minimum absolute atomic E-state index is 0.547. The predicted octanol–water partition coefficient (Wildman–Crippen LogP) is 1.91. The van der Waals surface area contributed by atoms with E-state index in [9.17, 15) is 0 Å². The maximum atomic E-state index is 5.30. The smallest absolute Gasteiger partial charge is 0.211 e. The molecule has 0 unspecified atom stereocenters. The summed E-state index contributed by atoms with van der Waals surface area (Å²) in [6.45, 7) is 0. The number of nitrogens with zero attached hydrogens (tertiary/aromatic N) is 4. The molecule has 1 aromatic heterocycles. The van der Waals surface area contributed by atoms with Crippen LogP contribution < -0.4 is 14.2 Å². The number of benzene rings is 1. The van der Waals surface area contributed by atoms with Gasteiger partial charge >= 0.3 is 0 Å². The molecule has 7 nitrogen and oxygen atoms in total. The summed E-state index contributed by atoms with van der Waals surface area (Å²) in [6, 6.07) is 3.63. The summed E-state index contributed by atoms with van der Waals surface area (Å²) in [7, 11) is 4.71. The van der Waals surface area contributed by atoms with Crippen LogP contribution in [0.1, 0.15) is 5.56 Å². The molecule has 0 radical (unpaired) electrons.